The summed E-state index contributed by atoms with van der Waals surface area (Å²) in [6.45, 7) is 6.28. The maximum Gasteiger partial charge on any atom is 0.306 e. The maximum atomic E-state index is 12.8. The van der Waals surface area contributed by atoms with Crippen LogP contribution in [-0.4, -0.2) is 37.2 Å². The molecule has 6 heteroatoms. The van der Waals surface area contributed by atoms with Crippen molar-refractivity contribution >= 4 is 17.9 Å². The summed E-state index contributed by atoms with van der Waals surface area (Å²) in [6, 6.07) is 0. The Morgan fingerprint density at radius 2 is 0.726 bits per heavy atom. The minimum absolute atomic E-state index is 0.107. The van der Waals surface area contributed by atoms with Crippen LogP contribution in [0, 0.1) is 0 Å². The third kappa shape index (κ3) is 47.1. The minimum atomic E-state index is -0.811. The van der Waals surface area contributed by atoms with Gasteiger partial charge in [0.05, 0.1) is 0 Å². The van der Waals surface area contributed by atoms with E-state index in [1.54, 1.807) is 0 Å². The van der Waals surface area contributed by atoms with Crippen molar-refractivity contribution in [3.63, 3.8) is 0 Å². The molecule has 0 aliphatic heterocycles. The van der Waals surface area contributed by atoms with Crippen LogP contribution in [0.4, 0.5) is 0 Å². The van der Waals surface area contributed by atoms with Gasteiger partial charge in [0, 0.05) is 19.3 Å². The van der Waals surface area contributed by atoms with Crippen LogP contribution in [0.1, 0.15) is 207 Å². The first-order chi connectivity index (χ1) is 30.5. The van der Waals surface area contributed by atoms with Crippen molar-refractivity contribution in [1.29, 1.82) is 0 Å². The predicted octanol–water partition coefficient (Wildman–Crippen LogP) is 16.4. The third-order valence-corrected chi connectivity index (χ3v) is 10.1. The van der Waals surface area contributed by atoms with Gasteiger partial charge < -0.3 is 14.2 Å². The Morgan fingerprint density at radius 3 is 1.24 bits per heavy atom. The molecule has 0 spiro atoms. The van der Waals surface area contributed by atoms with Gasteiger partial charge in [0.2, 0.25) is 0 Å². The lowest BCUT2D eigenvalue weighted by atomic mass is 10.1. The molecular weight excluding hydrogens is 769 g/mol. The lowest BCUT2D eigenvalue weighted by Gasteiger charge is -2.18. The maximum absolute atomic E-state index is 12.8. The van der Waals surface area contributed by atoms with E-state index in [1.165, 1.54) is 51.4 Å². The number of hydrogen-bond donors (Lipinski definition) is 0. The molecule has 0 saturated carbocycles. The molecule has 0 aliphatic carbocycles. The SMILES string of the molecule is CC\C=C/C=C\C=C/CCCCCCCCCC(=O)OC(COC(=O)CCC/C=C\C/C=C\C/C=C\C/C=C\C/C=C\CC)COC(=O)CCCCCCC/C=C\CCCCC. The molecule has 6 nitrogen and oxygen atoms in total. The molecule has 1 unspecified atom stereocenters. The highest BCUT2D eigenvalue weighted by atomic mass is 16.6. The Labute approximate surface area is 380 Å². The van der Waals surface area contributed by atoms with E-state index in [4.69, 9.17) is 14.2 Å². The van der Waals surface area contributed by atoms with E-state index in [-0.39, 0.29) is 37.5 Å². The van der Waals surface area contributed by atoms with Crippen LogP contribution >= 0.6 is 0 Å². The summed E-state index contributed by atoms with van der Waals surface area (Å²) < 4.78 is 16.7. The van der Waals surface area contributed by atoms with E-state index in [1.807, 2.05) is 0 Å². The van der Waals surface area contributed by atoms with Gasteiger partial charge in [-0.2, -0.15) is 0 Å². The summed E-state index contributed by atoms with van der Waals surface area (Å²) in [5.41, 5.74) is 0. The zero-order valence-electron chi connectivity index (χ0n) is 39.8. The molecule has 0 aromatic rings. The fourth-order valence-corrected chi connectivity index (χ4v) is 6.35. The van der Waals surface area contributed by atoms with Gasteiger partial charge in [-0.3, -0.25) is 14.4 Å². The summed E-state index contributed by atoms with van der Waals surface area (Å²) in [6.07, 6.45) is 66.4. The first kappa shape index (κ1) is 58.1. The molecule has 1 atom stereocenters. The fraction of sp³-hybridized carbons (Fsp3) is 0.625. The van der Waals surface area contributed by atoms with Crippen LogP contribution < -0.4 is 0 Å². The molecule has 0 aromatic heterocycles. The number of allylic oxidation sites excluding steroid dienone is 18. The van der Waals surface area contributed by atoms with Gasteiger partial charge in [-0.05, 0) is 103 Å². The zero-order valence-corrected chi connectivity index (χ0v) is 39.8. The number of carbonyl (C=O) groups excluding carboxylic acids is 3. The molecule has 0 aromatic carbocycles. The van der Waals surface area contributed by atoms with Crippen LogP contribution in [-0.2, 0) is 28.6 Å². The van der Waals surface area contributed by atoms with Crippen LogP contribution in [0.25, 0.3) is 0 Å². The number of rotatable bonds is 43. The Balaban J connectivity index is 4.52. The summed E-state index contributed by atoms with van der Waals surface area (Å²) in [5.74, 6) is -0.996. The van der Waals surface area contributed by atoms with Crippen molar-refractivity contribution in [3.8, 4) is 0 Å². The normalized spacial score (nSPS) is 13.0. The minimum Gasteiger partial charge on any atom is -0.462 e. The second-order valence-electron chi connectivity index (χ2n) is 16.0. The molecule has 0 heterocycles. The van der Waals surface area contributed by atoms with Gasteiger partial charge in [0.25, 0.3) is 0 Å². The van der Waals surface area contributed by atoms with Crippen molar-refractivity contribution in [2.24, 2.45) is 0 Å². The molecule has 0 bridgehead atoms. The van der Waals surface area contributed by atoms with E-state index in [9.17, 15) is 14.4 Å². The molecule has 0 radical (unpaired) electrons. The molecule has 0 amide bonds. The predicted molar refractivity (Wildman–Crippen MR) is 265 cm³/mol. The van der Waals surface area contributed by atoms with Crippen molar-refractivity contribution < 1.29 is 28.6 Å². The fourth-order valence-electron chi connectivity index (χ4n) is 6.35. The van der Waals surface area contributed by atoms with Gasteiger partial charge >= 0.3 is 17.9 Å². The molecule has 0 saturated heterocycles. The second-order valence-corrected chi connectivity index (χ2v) is 16.0. The number of unbranched alkanes of at least 4 members (excludes halogenated alkanes) is 16. The standard InChI is InChI=1S/C56H90O6/c1-4-7-10-13-16-19-22-25-27-28-30-31-34-37-40-43-46-49-55(58)61-52-53(51-60-54(57)48-45-42-39-36-33-24-21-18-15-12-9-6-3)62-56(59)50-47-44-41-38-35-32-29-26-23-20-17-14-11-8-5-2/h7-8,10-11,14,16-21,23,25,27,30-31,37,40,53H,4-6,9,12-13,15,22,24,26,28-29,32-36,38-39,41-52H2,1-3H3/b10-7-,11-8-,17-14-,19-16-,21-18-,23-20-,27-25-,31-30-,40-37-. The largest absolute Gasteiger partial charge is 0.462 e. The van der Waals surface area contributed by atoms with Crippen LogP contribution in [0.5, 0.6) is 0 Å². The van der Waals surface area contributed by atoms with Crippen molar-refractivity contribution in [3.05, 3.63) is 109 Å². The monoisotopic (exact) mass is 859 g/mol. The second kappa shape index (κ2) is 49.7. The van der Waals surface area contributed by atoms with Gasteiger partial charge in [-0.1, -0.05) is 194 Å². The molecule has 0 fully saturated rings. The van der Waals surface area contributed by atoms with E-state index in [0.29, 0.717) is 19.3 Å². The van der Waals surface area contributed by atoms with Crippen molar-refractivity contribution in [2.45, 2.75) is 213 Å². The van der Waals surface area contributed by atoms with Gasteiger partial charge in [0.1, 0.15) is 13.2 Å². The van der Waals surface area contributed by atoms with E-state index >= 15 is 0 Å². The van der Waals surface area contributed by atoms with Crippen LogP contribution in [0.15, 0.2) is 109 Å². The van der Waals surface area contributed by atoms with E-state index in [0.717, 1.165) is 109 Å². The summed E-state index contributed by atoms with van der Waals surface area (Å²) >= 11 is 0. The van der Waals surface area contributed by atoms with Gasteiger partial charge in [-0.25, -0.2) is 0 Å². The van der Waals surface area contributed by atoms with Gasteiger partial charge in [0.15, 0.2) is 6.10 Å². The average molecular weight is 859 g/mol. The lowest BCUT2D eigenvalue weighted by molar-refractivity contribution is -0.167. The third-order valence-electron chi connectivity index (χ3n) is 10.1. The Hall–Kier alpha value is -3.93. The topological polar surface area (TPSA) is 78.9 Å². The first-order valence-corrected chi connectivity index (χ1v) is 24.9. The van der Waals surface area contributed by atoms with Gasteiger partial charge in [-0.15, -0.1) is 0 Å². The number of esters is 3. The molecule has 0 N–H and O–H groups in total. The molecule has 0 aliphatic rings. The first-order valence-electron chi connectivity index (χ1n) is 24.9. The molecule has 62 heavy (non-hydrogen) atoms. The average Bonchev–Trinajstić information content (AvgIpc) is 3.27. The number of hydrogen-bond acceptors (Lipinski definition) is 6. The van der Waals surface area contributed by atoms with Crippen LogP contribution in [0.2, 0.25) is 0 Å². The summed E-state index contributed by atoms with van der Waals surface area (Å²) in [4.78, 5) is 37.9. The lowest BCUT2D eigenvalue weighted by Crippen LogP contribution is -2.30. The van der Waals surface area contributed by atoms with E-state index in [2.05, 4.69) is 130 Å². The van der Waals surface area contributed by atoms with E-state index < -0.39 is 6.10 Å². The Morgan fingerprint density at radius 1 is 0.355 bits per heavy atom. The molecule has 0 rings (SSSR count). The van der Waals surface area contributed by atoms with Crippen molar-refractivity contribution in [1.82, 2.24) is 0 Å². The highest BCUT2D eigenvalue weighted by Gasteiger charge is 2.19. The van der Waals surface area contributed by atoms with Crippen molar-refractivity contribution in [2.75, 3.05) is 13.2 Å². The quantitative estimate of drug-likeness (QED) is 0.0200. The smallest absolute Gasteiger partial charge is 0.306 e. The van der Waals surface area contributed by atoms with Crippen LogP contribution in [0.3, 0.4) is 0 Å². The highest BCUT2D eigenvalue weighted by Crippen LogP contribution is 2.13. The highest BCUT2D eigenvalue weighted by molar-refractivity contribution is 5.71. The summed E-state index contributed by atoms with van der Waals surface area (Å²) in [7, 11) is 0. The Kier molecular flexibility index (Phi) is 46.6. The Bertz CT molecular complexity index is 1310. The number of carbonyl (C=O) groups is 3. The molecule has 350 valence electrons. The number of ether oxygens (including phenoxy) is 3. The molecular formula is C56H90O6. The summed E-state index contributed by atoms with van der Waals surface area (Å²) in [5, 5.41) is 0. The zero-order chi connectivity index (χ0) is 45.1.